The van der Waals surface area contributed by atoms with Crippen LogP contribution in [0.3, 0.4) is 0 Å². The third-order valence-electron chi connectivity index (χ3n) is 3.71. The minimum absolute atomic E-state index is 0.125. The van der Waals surface area contributed by atoms with Crippen molar-refractivity contribution >= 4 is 35.0 Å². The second-order valence-electron chi connectivity index (χ2n) is 5.79. The van der Waals surface area contributed by atoms with Crippen LogP contribution in [0.2, 0.25) is 0 Å². The summed E-state index contributed by atoms with van der Waals surface area (Å²) in [6.45, 7) is 0. The second-order valence-corrected chi connectivity index (χ2v) is 6.87. The van der Waals surface area contributed by atoms with Crippen molar-refractivity contribution in [2.45, 2.75) is 0 Å². The monoisotopic (exact) mass is 350 g/mol. The van der Waals surface area contributed by atoms with E-state index in [2.05, 4.69) is 4.98 Å². The molecule has 3 rings (SSSR count). The average Bonchev–Trinajstić information content (AvgIpc) is 2.95. The molecule has 0 unspecified atom stereocenters. The van der Waals surface area contributed by atoms with Gasteiger partial charge in [0.15, 0.2) is 5.78 Å². The predicted molar refractivity (Wildman–Crippen MR) is 104 cm³/mol. The van der Waals surface area contributed by atoms with E-state index in [-0.39, 0.29) is 11.3 Å². The van der Waals surface area contributed by atoms with Crippen LogP contribution < -0.4 is 19.7 Å². The van der Waals surface area contributed by atoms with E-state index in [0.717, 1.165) is 11.3 Å². The Balaban J connectivity index is 1.93. The molecule has 0 atom stereocenters. The lowest BCUT2D eigenvalue weighted by atomic mass is 10.1. The zero-order valence-corrected chi connectivity index (χ0v) is 14.8. The number of Topliss-reactive ketones (excluding diaryl/α,β-unsaturated/α-hetero) is 1. The first-order chi connectivity index (χ1) is 12.0. The number of anilines is 1. The smallest absolute Gasteiger partial charge is 0.266 e. The normalized spacial score (nSPS) is 12.4. The zero-order valence-electron chi connectivity index (χ0n) is 14.0. The van der Waals surface area contributed by atoms with E-state index in [9.17, 15) is 9.59 Å². The van der Waals surface area contributed by atoms with Crippen LogP contribution in [-0.4, -0.2) is 24.9 Å². The third kappa shape index (κ3) is 4.14. The van der Waals surface area contributed by atoms with Crippen molar-refractivity contribution in [3.63, 3.8) is 0 Å². The Bertz CT molecular complexity index is 1050. The molecular weight excluding hydrogens is 332 g/mol. The van der Waals surface area contributed by atoms with Crippen molar-refractivity contribution in [3.8, 4) is 0 Å². The molecule has 0 radical (unpaired) electrons. The van der Waals surface area contributed by atoms with Crippen LogP contribution in [0, 0.1) is 0 Å². The van der Waals surface area contributed by atoms with Crippen LogP contribution in [0.4, 0.5) is 5.69 Å². The summed E-state index contributed by atoms with van der Waals surface area (Å²) in [5, 5.41) is 0. The van der Waals surface area contributed by atoms with E-state index in [0.29, 0.717) is 14.8 Å². The molecular formula is C20H18N2O2S. The molecule has 0 bridgehead atoms. The lowest BCUT2D eigenvalue weighted by Crippen LogP contribution is -2.20. The molecule has 1 heterocycles. The Hall–Kier alpha value is -2.92. The maximum absolute atomic E-state index is 12.2. The van der Waals surface area contributed by atoms with Gasteiger partial charge in [-0.15, -0.1) is 11.3 Å². The van der Waals surface area contributed by atoms with Crippen LogP contribution in [0.15, 0.2) is 59.4 Å². The quantitative estimate of drug-likeness (QED) is 0.732. The first-order valence-electron chi connectivity index (χ1n) is 7.82. The first-order valence-corrected chi connectivity index (χ1v) is 8.64. The van der Waals surface area contributed by atoms with Crippen LogP contribution in [0.1, 0.15) is 15.9 Å². The molecule has 0 saturated carbocycles. The Labute approximate surface area is 149 Å². The van der Waals surface area contributed by atoms with Crippen molar-refractivity contribution < 1.29 is 4.79 Å². The van der Waals surface area contributed by atoms with E-state index in [1.165, 1.54) is 17.4 Å². The molecule has 2 aromatic carbocycles. The van der Waals surface area contributed by atoms with E-state index in [1.807, 2.05) is 67.5 Å². The third-order valence-corrected chi connectivity index (χ3v) is 4.67. The summed E-state index contributed by atoms with van der Waals surface area (Å²) >= 11 is 1.28. The van der Waals surface area contributed by atoms with Gasteiger partial charge in [0, 0.05) is 31.4 Å². The standard InChI is InChI=1S/C20H18N2O2S/c1-22(2)16-10-8-14(9-11-16)12-18-20(24)21-19(25-18)13-17(23)15-6-4-3-5-7-15/h3-13H,1-2H3,(H,21,24)/b18-12-,19-13+. The Morgan fingerprint density at radius 3 is 2.36 bits per heavy atom. The predicted octanol–water partition coefficient (Wildman–Crippen LogP) is 1.99. The van der Waals surface area contributed by atoms with Gasteiger partial charge in [0.1, 0.15) is 0 Å². The summed E-state index contributed by atoms with van der Waals surface area (Å²) in [5.74, 6) is -0.125. The van der Waals surface area contributed by atoms with E-state index in [4.69, 9.17) is 0 Å². The number of benzene rings is 2. The molecule has 0 saturated heterocycles. The zero-order chi connectivity index (χ0) is 17.8. The number of thiazole rings is 1. The maximum atomic E-state index is 12.2. The van der Waals surface area contributed by atoms with Crippen LogP contribution in [0.5, 0.6) is 0 Å². The van der Waals surface area contributed by atoms with Crippen LogP contribution in [0.25, 0.3) is 12.2 Å². The Morgan fingerprint density at radius 2 is 1.72 bits per heavy atom. The molecule has 0 spiro atoms. The minimum atomic E-state index is -0.186. The summed E-state index contributed by atoms with van der Waals surface area (Å²) < 4.78 is 1.12. The number of aromatic nitrogens is 1. The SMILES string of the molecule is CN(C)c1ccc(/C=c2\s/c(=C/C(=O)c3ccccc3)[nH]c2=O)cc1. The topological polar surface area (TPSA) is 53.2 Å². The van der Waals surface area contributed by atoms with Gasteiger partial charge in [0.2, 0.25) is 0 Å². The van der Waals surface area contributed by atoms with Gasteiger partial charge < -0.3 is 9.88 Å². The molecule has 0 aliphatic rings. The molecule has 5 heteroatoms. The van der Waals surface area contributed by atoms with Gasteiger partial charge in [-0.05, 0) is 23.8 Å². The molecule has 1 aromatic heterocycles. The molecule has 4 nitrogen and oxygen atoms in total. The van der Waals surface area contributed by atoms with Crippen molar-refractivity contribution in [2.75, 3.05) is 19.0 Å². The number of rotatable bonds is 4. The van der Waals surface area contributed by atoms with Crippen molar-refractivity contribution in [1.29, 1.82) is 0 Å². The van der Waals surface area contributed by atoms with Gasteiger partial charge in [-0.3, -0.25) is 9.59 Å². The highest BCUT2D eigenvalue weighted by Crippen LogP contribution is 2.12. The maximum Gasteiger partial charge on any atom is 0.266 e. The lowest BCUT2D eigenvalue weighted by Gasteiger charge is -2.11. The number of hydrogen-bond acceptors (Lipinski definition) is 4. The number of ketones is 1. The van der Waals surface area contributed by atoms with E-state index < -0.39 is 0 Å². The molecule has 0 amide bonds. The van der Waals surface area contributed by atoms with Crippen molar-refractivity contribution in [1.82, 2.24) is 4.98 Å². The summed E-state index contributed by atoms with van der Waals surface area (Å²) in [7, 11) is 3.96. The van der Waals surface area contributed by atoms with Gasteiger partial charge in [-0.1, -0.05) is 42.5 Å². The van der Waals surface area contributed by atoms with Crippen molar-refractivity contribution in [3.05, 3.63) is 85.3 Å². The average molecular weight is 350 g/mol. The fourth-order valence-corrected chi connectivity index (χ4v) is 3.23. The minimum Gasteiger partial charge on any atom is -0.378 e. The number of carbonyl (C=O) groups excluding carboxylic acids is 1. The summed E-state index contributed by atoms with van der Waals surface area (Å²) in [5.41, 5.74) is 2.45. The number of hydrogen-bond donors (Lipinski definition) is 1. The fraction of sp³-hybridized carbons (Fsp3) is 0.100. The van der Waals surface area contributed by atoms with Crippen molar-refractivity contribution in [2.24, 2.45) is 0 Å². The Morgan fingerprint density at radius 1 is 1.04 bits per heavy atom. The number of H-pyrrole nitrogens is 1. The number of carbonyl (C=O) groups is 1. The first kappa shape index (κ1) is 16.9. The highest BCUT2D eigenvalue weighted by atomic mass is 32.1. The van der Waals surface area contributed by atoms with Gasteiger partial charge in [-0.25, -0.2) is 0 Å². The summed E-state index contributed by atoms with van der Waals surface area (Å²) in [4.78, 5) is 29.1. The van der Waals surface area contributed by atoms with Crippen LogP contribution in [-0.2, 0) is 0 Å². The molecule has 0 aliphatic carbocycles. The van der Waals surface area contributed by atoms with Crippen LogP contribution >= 0.6 is 11.3 Å². The molecule has 25 heavy (non-hydrogen) atoms. The van der Waals surface area contributed by atoms with Gasteiger partial charge in [0.25, 0.3) is 5.56 Å². The molecule has 0 fully saturated rings. The molecule has 126 valence electrons. The largest absolute Gasteiger partial charge is 0.378 e. The summed E-state index contributed by atoms with van der Waals surface area (Å²) in [6.07, 6.45) is 3.29. The number of nitrogens with zero attached hydrogens (tertiary/aromatic N) is 1. The van der Waals surface area contributed by atoms with E-state index in [1.54, 1.807) is 12.1 Å². The summed E-state index contributed by atoms with van der Waals surface area (Å²) in [6, 6.07) is 16.9. The second kappa shape index (κ2) is 7.32. The highest BCUT2D eigenvalue weighted by molar-refractivity contribution is 7.07. The number of aromatic amines is 1. The number of nitrogens with one attached hydrogen (secondary N) is 1. The lowest BCUT2D eigenvalue weighted by molar-refractivity contribution is 0.106. The van der Waals surface area contributed by atoms with Gasteiger partial charge in [0.05, 0.1) is 9.20 Å². The molecule has 1 N–H and O–H groups in total. The van der Waals surface area contributed by atoms with Gasteiger partial charge >= 0.3 is 0 Å². The van der Waals surface area contributed by atoms with Gasteiger partial charge in [-0.2, -0.15) is 0 Å². The molecule has 3 aromatic rings. The molecule has 0 aliphatic heterocycles. The highest BCUT2D eigenvalue weighted by Gasteiger charge is 2.02. The fourth-order valence-electron chi connectivity index (χ4n) is 2.35. The Kier molecular flexibility index (Phi) is 4.95. The van der Waals surface area contributed by atoms with E-state index >= 15 is 0 Å².